The molecule has 0 spiro atoms. The molecule has 0 unspecified atom stereocenters. The van der Waals surface area contributed by atoms with Gasteiger partial charge in [0.1, 0.15) is 0 Å². The SMILES string of the molecule is O=S(=O)(Nc1cccc(-c2cn3cccnc3n2)c1)c1ccccc1C(F)(F)F. The molecule has 4 rings (SSSR count). The molecule has 0 amide bonds. The van der Waals surface area contributed by atoms with Crippen LogP contribution in [0.5, 0.6) is 0 Å². The summed E-state index contributed by atoms with van der Waals surface area (Å²) in [7, 11) is -4.46. The van der Waals surface area contributed by atoms with Crippen molar-refractivity contribution in [3.8, 4) is 11.3 Å². The van der Waals surface area contributed by atoms with Crippen LogP contribution in [0.25, 0.3) is 17.0 Å². The third-order valence-corrected chi connectivity index (χ3v) is 5.57. The zero-order valence-corrected chi connectivity index (χ0v) is 15.4. The summed E-state index contributed by atoms with van der Waals surface area (Å²) in [5.74, 6) is 0.465. The molecule has 0 aliphatic carbocycles. The van der Waals surface area contributed by atoms with E-state index in [1.54, 1.807) is 41.2 Å². The molecular formula is C19H13F3N4O2S. The lowest BCUT2D eigenvalue weighted by Crippen LogP contribution is -2.18. The maximum absolute atomic E-state index is 13.2. The molecule has 2 heterocycles. The molecule has 0 aliphatic rings. The van der Waals surface area contributed by atoms with Crippen LogP contribution in [0.15, 0.2) is 78.1 Å². The minimum absolute atomic E-state index is 0.115. The van der Waals surface area contributed by atoms with E-state index in [4.69, 9.17) is 0 Å². The first-order valence-corrected chi connectivity index (χ1v) is 9.81. The first kappa shape index (κ1) is 18.9. The second-order valence-corrected chi connectivity index (χ2v) is 7.78. The predicted molar refractivity (Wildman–Crippen MR) is 101 cm³/mol. The van der Waals surface area contributed by atoms with Gasteiger partial charge in [-0.15, -0.1) is 0 Å². The lowest BCUT2D eigenvalue weighted by Gasteiger charge is -2.14. The van der Waals surface area contributed by atoms with Gasteiger partial charge in [-0.25, -0.2) is 18.4 Å². The average molecular weight is 418 g/mol. The minimum Gasteiger partial charge on any atom is -0.291 e. The quantitative estimate of drug-likeness (QED) is 0.539. The van der Waals surface area contributed by atoms with E-state index in [-0.39, 0.29) is 5.69 Å². The molecule has 2 aromatic carbocycles. The molecule has 0 atom stereocenters. The highest BCUT2D eigenvalue weighted by Crippen LogP contribution is 2.34. The average Bonchev–Trinajstić information content (AvgIpc) is 3.11. The van der Waals surface area contributed by atoms with Crippen LogP contribution < -0.4 is 4.72 Å². The lowest BCUT2D eigenvalue weighted by atomic mass is 10.1. The monoisotopic (exact) mass is 418 g/mol. The van der Waals surface area contributed by atoms with Crippen molar-refractivity contribution in [1.29, 1.82) is 0 Å². The topological polar surface area (TPSA) is 76.4 Å². The van der Waals surface area contributed by atoms with Crippen LogP contribution in [0.1, 0.15) is 5.56 Å². The van der Waals surface area contributed by atoms with E-state index in [1.165, 1.54) is 18.2 Å². The van der Waals surface area contributed by atoms with Gasteiger partial charge < -0.3 is 0 Å². The number of nitrogens with zero attached hydrogens (tertiary/aromatic N) is 3. The van der Waals surface area contributed by atoms with Gasteiger partial charge in [0.25, 0.3) is 10.0 Å². The van der Waals surface area contributed by atoms with Crippen LogP contribution in [-0.2, 0) is 16.2 Å². The molecule has 0 fully saturated rings. The molecule has 0 saturated carbocycles. The molecule has 0 aliphatic heterocycles. The number of halogens is 3. The highest BCUT2D eigenvalue weighted by atomic mass is 32.2. The van der Waals surface area contributed by atoms with Crippen molar-refractivity contribution in [2.75, 3.05) is 4.72 Å². The van der Waals surface area contributed by atoms with Crippen LogP contribution in [-0.4, -0.2) is 22.8 Å². The summed E-state index contributed by atoms with van der Waals surface area (Å²) in [4.78, 5) is 7.63. The van der Waals surface area contributed by atoms with E-state index in [2.05, 4.69) is 14.7 Å². The van der Waals surface area contributed by atoms with Crippen LogP contribution in [0.4, 0.5) is 18.9 Å². The van der Waals surface area contributed by atoms with Gasteiger partial charge in [-0.3, -0.25) is 9.12 Å². The third-order valence-electron chi connectivity index (χ3n) is 4.13. The Morgan fingerprint density at radius 1 is 1.00 bits per heavy atom. The normalized spacial score (nSPS) is 12.2. The Kier molecular flexibility index (Phi) is 4.50. The number of imidazole rings is 1. The summed E-state index contributed by atoms with van der Waals surface area (Å²) < 4.78 is 68.7. The summed E-state index contributed by atoms with van der Waals surface area (Å²) in [6.07, 6.45) is 0.278. The first-order chi connectivity index (χ1) is 13.7. The molecule has 0 radical (unpaired) electrons. The van der Waals surface area contributed by atoms with E-state index >= 15 is 0 Å². The van der Waals surface area contributed by atoms with Crippen LogP contribution >= 0.6 is 0 Å². The summed E-state index contributed by atoms with van der Waals surface area (Å²) in [6.45, 7) is 0. The van der Waals surface area contributed by atoms with Crippen molar-refractivity contribution >= 4 is 21.5 Å². The Bertz CT molecular complexity index is 1270. The van der Waals surface area contributed by atoms with Crippen molar-refractivity contribution in [2.24, 2.45) is 0 Å². The largest absolute Gasteiger partial charge is 0.417 e. The molecule has 0 bridgehead atoms. The Morgan fingerprint density at radius 3 is 2.55 bits per heavy atom. The molecular weight excluding hydrogens is 405 g/mol. The maximum atomic E-state index is 13.2. The van der Waals surface area contributed by atoms with Crippen LogP contribution in [0.2, 0.25) is 0 Å². The van der Waals surface area contributed by atoms with Gasteiger partial charge in [-0.05, 0) is 30.3 Å². The summed E-state index contributed by atoms with van der Waals surface area (Å²) in [6, 6.07) is 12.0. The van der Waals surface area contributed by atoms with Crippen molar-refractivity contribution < 1.29 is 21.6 Å². The molecule has 29 heavy (non-hydrogen) atoms. The number of fused-ring (bicyclic) bond motifs is 1. The Morgan fingerprint density at radius 2 is 1.79 bits per heavy atom. The molecule has 148 valence electrons. The fourth-order valence-electron chi connectivity index (χ4n) is 2.86. The van der Waals surface area contributed by atoms with Gasteiger partial charge in [-0.2, -0.15) is 13.2 Å². The molecule has 6 nitrogen and oxygen atoms in total. The Balaban J connectivity index is 1.70. The van der Waals surface area contributed by atoms with Gasteiger partial charge in [0.05, 0.1) is 16.2 Å². The second kappa shape index (κ2) is 6.89. The summed E-state index contributed by atoms with van der Waals surface area (Å²) in [5, 5.41) is 0. The van der Waals surface area contributed by atoms with E-state index in [0.29, 0.717) is 17.0 Å². The highest BCUT2D eigenvalue weighted by molar-refractivity contribution is 7.92. The number of nitrogens with one attached hydrogen (secondary N) is 1. The van der Waals surface area contributed by atoms with Crippen LogP contribution in [0.3, 0.4) is 0 Å². The van der Waals surface area contributed by atoms with Crippen LogP contribution in [0, 0.1) is 0 Å². The zero-order chi connectivity index (χ0) is 20.6. The fraction of sp³-hybridized carbons (Fsp3) is 0.0526. The standard InChI is InChI=1S/C19H13F3N4O2S/c20-19(21,22)15-7-1-2-8-17(15)29(27,28)25-14-6-3-5-13(11-14)16-12-26-10-4-9-23-18(26)24-16/h1-12,25H. The van der Waals surface area contributed by atoms with Crippen molar-refractivity contribution in [1.82, 2.24) is 14.4 Å². The fourth-order valence-corrected chi connectivity index (χ4v) is 4.13. The van der Waals surface area contributed by atoms with Gasteiger partial charge >= 0.3 is 6.18 Å². The summed E-state index contributed by atoms with van der Waals surface area (Å²) >= 11 is 0. The van der Waals surface area contributed by atoms with E-state index in [1.807, 2.05) is 0 Å². The number of hydrogen-bond acceptors (Lipinski definition) is 4. The van der Waals surface area contributed by atoms with Gasteiger partial charge in [0.15, 0.2) is 0 Å². The van der Waals surface area contributed by atoms with Gasteiger partial charge in [-0.1, -0.05) is 24.3 Å². The molecule has 1 N–H and O–H groups in total. The molecule has 2 aromatic heterocycles. The molecule has 0 saturated heterocycles. The smallest absolute Gasteiger partial charge is 0.291 e. The number of benzene rings is 2. The second-order valence-electron chi connectivity index (χ2n) is 6.13. The van der Waals surface area contributed by atoms with Crippen molar-refractivity contribution in [2.45, 2.75) is 11.1 Å². The van der Waals surface area contributed by atoms with E-state index < -0.39 is 26.7 Å². The molecule has 4 aromatic rings. The zero-order valence-electron chi connectivity index (χ0n) is 14.6. The van der Waals surface area contributed by atoms with E-state index in [9.17, 15) is 21.6 Å². The minimum atomic E-state index is -4.79. The van der Waals surface area contributed by atoms with Gasteiger partial charge in [0, 0.05) is 29.8 Å². The Labute approximate surface area is 163 Å². The van der Waals surface area contributed by atoms with Crippen molar-refractivity contribution in [3.63, 3.8) is 0 Å². The third kappa shape index (κ3) is 3.79. The highest BCUT2D eigenvalue weighted by Gasteiger charge is 2.36. The van der Waals surface area contributed by atoms with Crippen molar-refractivity contribution in [3.05, 3.63) is 78.8 Å². The number of rotatable bonds is 4. The Hall–Kier alpha value is -3.40. The molecule has 10 heteroatoms. The van der Waals surface area contributed by atoms with E-state index in [0.717, 1.165) is 18.2 Å². The summed E-state index contributed by atoms with van der Waals surface area (Å²) in [5.41, 5.74) is 0.0137. The van der Waals surface area contributed by atoms with Gasteiger partial charge in [0.2, 0.25) is 5.78 Å². The maximum Gasteiger partial charge on any atom is 0.417 e. The lowest BCUT2D eigenvalue weighted by molar-refractivity contribution is -0.139. The first-order valence-electron chi connectivity index (χ1n) is 8.33. The number of sulfonamides is 1. The predicted octanol–water partition coefficient (Wildman–Crippen LogP) is 4.22. The number of alkyl halides is 3. The number of aromatic nitrogens is 3. The number of hydrogen-bond donors (Lipinski definition) is 1. The number of anilines is 1.